The van der Waals surface area contributed by atoms with Gasteiger partial charge in [0.1, 0.15) is 17.9 Å². The second-order valence-corrected chi connectivity index (χ2v) is 4.85. The van der Waals surface area contributed by atoms with Crippen LogP contribution in [0.2, 0.25) is 0 Å². The van der Waals surface area contributed by atoms with E-state index in [0.29, 0.717) is 0 Å². The van der Waals surface area contributed by atoms with Crippen molar-refractivity contribution in [2.45, 2.75) is 19.5 Å². The molecule has 0 saturated heterocycles. The van der Waals surface area contributed by atoms with Gasteiger partial charge >= 0.3 is 0 Å². The molecule has 3 rings (SSSR count). The minimum atomic E-state index is 0.284. The Balaban J connectivity index is 2.12. The third-order valence-corrected chi connectivity index (χ3v) is 3.39. The standard InChI is InChI=1S/C12H15N7/c1-17-5-3-11-9(7-17)12(15-19(11)6-4-13)10-8-18(2)16-14-10/h8H,3,5-7H2,1-2H3. The van der Waals surface area contributed by atoms with Crippen LogP contribution in [-0.4, -0.2) is 43.3 Å². The lowest BCUT2D eigenvalue weighted by Gasteiger charge is -2.23. The maximum Gasteiger partial charge on any atom is 0.133 e. The molecule has 0 N–H and O–H groups in total. The first-order valence-electron chi connectivity index (χ1n) is 6.20. The van der Waals surface area contributed by atoms with E-state index in [1.165, 1.54) is 5.56 Å². The summed E-state index contributed by atoms with van der Waals surface area (Å²) in [7, 11) is 3.92. The SMILES string of the molecule is CN1CCc2c(c(-c3cn(C)nn3)nn2CC#N)C1. The molecule has 0 spiro atoms. The largest absolute Gasteiger partial charge is 0.302 e. The number of aryl methyl sites for hydroxylation is 1. The smallest absolute Gasteiger partial charge is 0.133 e. The second kappa shape index (κ2) is 4.48. The average molecular weight is 257 g/mol. The highest BCUT2D eigenvalue weighted by Gasteiger charge is 2.25. The van der Waals surface area contributed by atoms with E-state index in [9.17, 15) is 0 Å². The van der Waals surface area contributed by atoms with Gasteiger partial charge in [-0.15, -0.1) is 5.10 Å². The summed E-state index contributed by atoms with van der Waals surface area (Å²) in [6, 6.07) is 2.16. The third-order valence-electron chi connectivity index (χ3n) is 3.39. The van der Waals surface area contributed by atoms with Crippen LogP contribution in [0.5, 0.6) is 0 Å². The maximum atomic E-state index is 8.90. The molecule has 0 saturated carbocycles. The zero-order chi connectivity index (χ0) is 13.4. The van der Waals surface area contributed by atoms with Crippen LogP contribution in [0.4, 0.5) is 0 Å². The predicted molar refractivity (Wildman–Crippen MR) is 67.9 cm³/mol. The van der Waals surface area contributed by atoms with Crippen molar-refractivity contribution in [3.63, 3.8) is 0 Å². The molecule has 0 unspecified atom stereocenters. The molecule has 0 atom stereocenters. The van der Waals surface area contributed by atoms with Gasteiger partial charge in [0.05, 0.1) is 12.3 Å². The number of likely N-dealkylation sites (N-methyl/N-ethyl adjacent to an activating group) is 1. The molecule has 0 aliphatic carbocycles. The Morgan fingerprint density at radius 3 is 2.95 bits per heavy atom. The molecule has 0 bridgehead atoms. The summed E-state index contributed by atoms with van der Waals surface area (Å²) in [5.41, 5.74) is 3.94. The molecule has 0 fully saturated rings. The molecular formula is C12H15N7. The molecule has 3 heterocycles. The zero-order valence-corrected chi connectivity index (χ0v) is 11.0. The predicted octanol–water partition coefficient (Wildman–Crippen LogP) is 0.190. The minimum absolute atomic E-state index is 0.284. The van der Waals surface area contributed by atoms with Gasteiger partial charge in [-0.3, -0.25) is 9.36 Å². The Bertz CT molecular complexity index is 646. The van der Waals surface area contributed by atoms with Gasteiger partial charge < -0.3 is 4.90 Å². The fourth-order valence-corrected chi connectivity index (χ4v) is 2.49. The van der Waals surface area contributed by atoms with Crippen molar-refractivity contribution < 1.29 is 0 Å². The highest BCUT2D eigenvalue weighted by Crippen LogP contribution is 2.28. The Morgan fingerprint density at radius 2 is 2.26 bits per heavy atom. The van der Waals surface area contributed by atoms with E-state index in [1.807, 2.05) is 13.2 Å². The van der Waals surface area contributed by atoms with Crippen LogP contribution in [0, 0.1) is 11.3 Å². The molecule has 1 aliphatic rings. The quantitative estimate of drug-likeness (QED) is 0.767. The number of hydrogen-bond donors (Lipinski definition) is 0. The number of fused-ring (bicyclic) bond motifs is 1. The number of rotatable bonds is 2. The van der Waals surface area contributed by atoms with Crippen LogP contribution in [0.3, 0.4) is 0 Å². The van der Waals surface area contributed by atoms with Crippen LogP contribution in [0.1, 0.15) is 11.3 Å². The summed E-state index contributed by atoms with van der Waals surface area (Å²) in [5, 5.41) is 21.5. The Morgan fingerprint density at radius 1 is 1.42 bits per heavy atom. The summed E-state index contributed by atoms with van der Waals surface area (Å²) in [6.07, 6.45) is 2.77. The van der Waals surface area contributed by atoms with Crippen LogP contribution in [0.15, 0.2) is 6.20 Å². The van der Waals surface area contributed by atoms with Crippen molar-refractivity contribution in [1.82, 2.24) is 29.7 Å². The van der Waals surface area contributed by atoms with Crippen molar-refractivity contribution >= 4 is 0 Å². The van der Waals surface area contributed by atoms with Crippen LogP contribution >= 0.6 is 0 Å². The fourth-order valence-electron chi connectivity index (χ4n) is 2.49. The van der Waals surface area contributed by atoms with Crippen LogP contribution in [-0.2, 0) is 26.6 Å². The highest BCUT2D eigenvalue weighted by molar-refractivity contribution is 5.59. The topological polar surface area (TPSA) is 75.6 Å². The van der Waals surface area contributed by atoms with Crippen molar-refractivity contribution in [3.8, 4) is 17.5 Å². The first kappa shape index (κ1) is 11.9. The van der Waals surface area contributed by atoms with Gasteiger partial charge in [-0.05, 0) is 7.05 Å². The molecule has 0 radical (unpaired) electrons. The normalized spacial score (nSPS) is 15.2. The number of aromatic nitrogens is 5. The van der Waals surface area contributed by atoms with E-state index in [1.54, 1.807) is 9.36 Å². The highest BCUT2D eigenvalue weighted by atomic mass is 15.4. The van der Waals surface area contributed by atoms with E-state index in [-0.39, 0.29) is 6.54 Å². The Kier molecular flexibility index (Phi) is 2.80. The monoisotopic (exact) mass is 257 g/mol. The lowest BCUT2D eigenvalue weighted by atomic mass is 10.0. The zero-order valence-electron chi connectivity index (χ0n) is 11.0. The molecule has 2 aromatic heterocycles. The van der Waals surface area contributed by atoms with Crippen molar-refractivity contribution in [3.05, 3.63) is 17.5 Å². The number of hydrogen-bond acceptors (Lipinski definition) is 5. The van der Waals surface area contributed by atoms with Gasteiger partial charge in [-0.25, -0.2) is 0 Å². The molecule has 19 heavy (non-hydrogen) atoms. The summed E-state index contributed by atoms with van der Waals surface area (Å²) in [5.74, 6) is 0. The Labute approximate surface area is 111 Å². The summed E-state index contributed by atoms with van der Waals surface area (Å²) < 4.78 is 3.46. The molecule has 0 aromatic carbocycles. The lowest BCUT2D eigenvalue weighted by molar-refractivity contribution is 0.308. The van der Waals surface area contributed by atoms with Gasteiger partial charge in [0.2, 0.25) is 0 Å². The van der Waals surface area contributed by atoms with E-state index in [0.717, 1.165) is 36.6 Å². The molecule has 98 valence electrons. The van der Waals surface area contributed by atoms with Gasteiger partial charge in [0, 0.05) is 37.8 Å². The van der Waals surface area contributed by atoms with Gasteiger partial charge in [-0.1, -0.05) is 5.21 Å². The van der Waals surface area contributed by atoms with Crippen molar-refractivity contribution in [2.24, 2.45) is 7.05 Å². The van der Waals surface area contributed by atoms with Crippen molar-refractivity contribution in [2.75, 3.05) is 13.6 Å². The average Bonchev–Trinajstić information content (AvgIpc) is 2.94. The summed E-state index contributed by atoms with van der Waals surface area (Å²) >= 11 is 0. The first-order valence-corrected chi connectivity index (χ1v) is 6.20. The Hall–Kier alpha value is -2.20. The van der Waals surface area contributed by atoms with E-state index < -0.39 is 0 Å². The molecule has 7 heteroatoms. The second-order valence-electron chi connectivity index (χ2n) is 4.85. The molecule has 2 aromatic rings. The van der Waals surface area contributed by atoms with Gasteiger partial charge in [0.25, 0.3) is 0 Å². The van der Waals surface area contributed by atoms with E-state index >= 15 is 0 Å². The van der Waals surface area contributed by atoms with Gasteiger partial charge in [0.15, 0.2) is 0 Å². The molecular weight excluding hydrogens is 242 g/mol. The minimum Gasteiger partial charge on any atom is -0.302 e. The third kappa shape index (κ3) is 2.00. The maximum absolute atomic E-state index is 8.90. The fraction of sp³-hybridized carbons (Fsp3) is 0.500. The molecule has 1 aliphatic heterocycles. The summed E-state index contributed by atoms with van der Waals surface area (Å²) in [6.45, 7) is 2.11. The summed E-state index contributed by atoms with van der Waals surface area (Å²) in [4.78, 5) is 2.25. The van der Waals surface area contributed by atoms with E-state index in [2.05, 4.69) is 33.4 Å². The molecule has 0 amide bonds. The van der Waals surface area contributed by atoms with Crippen molar-refractivity contribution in [1.29, 1.82) is 5.26 Å². The number of nitriles is 1. The molecule has 7 nitrogen and oxygen atoms in total. The number of nitrogens with zero attached hydrogens (tertiary/aromatic N) is 7. The van der Waals surface area contributed by atoms with Crippen LogP contribution in [0.25, 0.3) is 11.4 Å². The van der Waals surface area contributed by atoms with E-state index in [4.69, 9.17) is 5.26 Å². The van der Waals surface area contributed by atoms with Gasteiger partial charge in [-0.2, -0.15) is 10.4 Å². The lowest BCUT2D eigenvalue weighted by Crippen LogP contribution is -2.27. The first-order chi connectivity index (χ1) is 9.19. The van der Waals surface area contributed by atoms with Crippen LogP contribution < -0.4 is 0 Å².